The van der Waals surface area contributed by atoms with E-state index in [0.717, 1.165) is 30.9 Å². The summed E-state index contributed by atoms with van der Waals surface area (Å²) in [5.41, 5.74) is 0.616. The third kappa shape index (κ3) is 4.70. The minimum atomic E-state index is -0.0468. The van der Waals surface area contributed by atoms with Gasteiger partial charge in [-0.2, -0.15) is 0 Å². The third-order valence-electron chi connectivity index (χ3n) is 4.93. The number of nitrogens with zero attached hydrogens (tertiary/aromatic N) is 1. The van der Waals surface area contributed by atoms with Crippen LogP contribution in [-0.2, 0) is 17.9 Å². The molecule has 2 heterocycles. The van der Waals surface area contributed by atoms with Gasteiger partial charge in [-0.25, -0.2) is 0 Å². The van der Waals surface area contributed by atoms with Crippen molar-refractivity contribution >= 4 is 5.78 Å². The maximum atomic E-state index is 13.1. The fourth-order valence-electron chi connectivity index (χ4n) is 3.58. The molecule has 1 aromatic heterocycles. The van der Waals surface area contributed by atoms with Crippen molar-refractivity contribution < 1.29 is 23.4 Å². The van der Waals surface area contributed by atoms with Gasteiger partial charge in [-0.3, -0.25) is 9.69 Å². The van der Waals surface area contributed by atoms with Crippen LogP contribution in [0.5, 0.6) is 11.5 Å². The Bertz CT molecular complexity index is 770. The summed E-state index contributed by atoms with van der Waals surface area (Å²) in [5.74, 6) is 3.04. The van der Waals surface area contributed by atoms with Crippen LogP contribution < -0.4 is 9.47 Å². The molecule has 3 rings (SSSR count). The summed E-state index contributed by atoms with van der Waals surface area (Å²) >= 11 is 0. The van der Waals surface area contributed by atoms with Gasteiger partial charge in [0.25, 0.3) is 0 Å². The Kier molecular flexibility index (Phi) is 6.53. The number of piperidine rings is 1. The van der Waals surface area contributed by atoms with Crippen LogP contribution >= 0.6 is 0 Å². The van der Waals surface area contributed by atoms with Gasteiger partial charge in [0.1, 0.15) is 29.6 Å². The van der Waals surface area contributed by atoms with E-state index >= 15 is 0 Å². The maximum absolute atomic E-state index is 13.1. The van der Waals surface area contributed by atoms with E-state index < -0.39 is 0 Å². The van der Waals surface area contributed by atoms with E-state index in [2.05, 4.69) is 4.90 Å². The predicted molar refractivity (Wildman–Crippen MR) is 101 cm³/mol. The Morgan fingerprint density at radius 2 is 1.96 bits per heavy atom. The van der Waals surface area contributed by atoms with E-state index in [-0.39, 0.29) is 11.7 Å². The van der Waals surface area contributed by atoms with E-state index in [0.29, 0.717) is 36.8 Å². The van der Waals surface area contributed by atoms with Crippen LogP contribution in [-0.4, -0.2) is 45.1 Å². The number of benzene rings is 1. The normalized spacial score (nSPS) is 17.7. The number of likely N-dealkylation sites (tertiary alicyclic amines) is 1. The Morgan fingerprint density at radius 1 is 1.15 bits per heavy atom. The molecule has 0 bridgehead atoms. The lowest BCUT2D eigenvalue weighted by Gasteiger charge is -2.31. The van der Waals surface area contributed by atoms with Gasteiger partial charge in [0.2, 0.25) is 0 Å². The lowest BCUT2D eigenvalue weighted by molar-refractivity contribution is 0.0797. The fraction of sp³-hybridized carbons (Fsp3) is 0.476. The second-order valence-corrected chi connectivity index (χ2v) is 6.81. The zero-order valence-corrected chi connectivity index (χ0v) is 16.2. The van der Waals surface area contributed by atoms with Crippen LogP contribution in [0.25, 0.3) is 0 Å². The molecule has 0 spiro atoms. The summed E-state index contributed by atoms with van der Waals surface area (Å²) in [6.45, 7) is 2.85. The number of methoxy groups -OCH3 is 3. The van der Waals surface area contributed by atoms with Crippen LogP contribution in [0.1, 0.15) is 34.7 Å². The molecule has 1 aromatic carbocycles. The number of furan rings is 1. The van der Waals surface area contributed by atoms with E-state index in [1.165, 1.54) is 0 Å². The molecular weight excluding hydrogens is 346 g/mol. The summed E-state index contributed by atoms with van der Waals surface area (Å²) < 4.78 is 21.5. The van der Waals surface area contributed by atoms with E-state index in [1.54, 1.807) is 39.5 Å². The highest BCUT2D eigenvalue weighted by Crippen LogP contribution is 2.30. The van der Waals surface area contributed by atoms with Gasteiger partial charge in [0, 0.05) is 25.6 Å². The SMILES string of the molecule is COCc1ccc(CN2CCC[C@H](C(=O)c3ccc(OC)cc3OC)C2)o1. The average Bonchev–Trinajstić information content (AvgIpc) is 3.14. The van der Waals surface area contributed by atoms with E-state index in [9.17, 15) is 4.79 Å². The summed E-state index contributed by atoms with van der Waals surface area (Å²) in [6.07, 6.45) is 1.87. The monoisotopic (exact) mass is 373 g/mol. The second-order valence-electron chi connectivity index (χ2n) is 6.81. The molecule has 0 radical (unpaired) electrons. The number of carbonyl (C=O) groups excluding carboxylic acids is 1. The molecule has 1 aliphatic heterocycles. The number of rotatable bonds is 8. The molecule has 0 N–H and O–H groups in total. The van der Waals surface area contributed by atoms with Gasteiger partial charge in [0.05, 0.1) is 26.3 Å². The van der Waals surface area contributed by atoms with Gasteiger partial charge < -0.3 is 18.6 Å². The third-order valence-corrected chi connectivity index (χ3v) is 4.93. The molecule has 0 unspecified atom stereocenters. The minimum Gasteiger partial charge on any atom is -0.497 e. The van der Waals surface area contributed by atoms with Crippen LogP contribution in [0.15, 0.2) is 34.7 Å². The van der Waals surface area contributed by atoms with Crippen molar-refractivity contribution in [1.82, 2.24) is 4.90 Å². The number of carbonyl (C=O) groups is 1. The highest BCUT2D eigenvalue weighted by atomic mass is 16.5. The highest BCUT2D eigenvalue weighted by Gasteiger charge is 2.29. The number of hydrogen-bond acceptors (Lipinski definition) is 6. The van der Waals surface area contributed by atoms with Crippen LogP contribution in [0.3, 0.4) is 0 Å². The Balaban J connectivity index is 1.67. The molecule has 2 aromatic rings. The number of ether oxygens (including phenoxy) is 3. The first-order chi connectivity index (χ1) is 13.1. The summed E-state index contributed by atoms with van der Waals surface area (Å²) in [4.78, 5) is 15.4. The van der Waals surface area contributed by atoms with Crippen molar-refractivity contribution in [2.45, 2.75) is 26.0 Å². The Morgan fingerprint density at radius 3 is 2.70 bits per heavy atom. The van der Waals surface area contributed by atoms with Crippen molar-refractivity contribution in [2.24, 2.45) is 5.92 Å². The van der Waals surface area contributed by atoms with Crippen molar-refractivity contribution in [3.8, 4) is 11.5 Å². The molecule has 0 amide bonds. The van der Waals surface area contributed by atoms with E-state index in [1.807, 2.05) is 12.1 Å². The summed E-state index contributed by atoms with van der Waals surface area (Å²) in [6, 6.07) is 9.27. The van der Waals surface area contributed by atoms with Crippen molar-refractivity contribution in [3.05, 3.63) is 47.4 Å². The van der Waals surface area contributed by atoms with Crippen LogP contribution in [0.4, 0.5) is 0 Å². The fourth-order valence-corrected chi connectivity index (χ4v) is 3.58. The minimum absolute atomic E-state index is 0.0468. The molecule has 6 heteroatoms. The molecule has 1 saturated heterocycles. The molecule has 146 valence electrons. The first-order valence-electron chi connectivity index (χ1n) is 9.19. The van der Waals surface area contributed by atoms with Crippen molar-refractivity contribution in [1.29, 1.82) is 0 Å². The van der Waals surface area contributed by atoms with Crippen molar-refractivity contribution in [3.63, 3.8) is 0 Å². The van der Waals surface area contributed by atoms with Gasteiger partial charge in [-0.15, -0.1) is 0 Å². The first-order valence-corrected chi connectivity index (χ1v) is 9.19. The number of ketones is 1. The van der Waals surface area contributed by atoms with Gasteiger partial charge >= 0.3 is 0 Å². The van der Waals surface area contributed by atoms with Crippen LogP contribution in [0, 0.1) is 5.92 Å². The topological polar surface area (TPSA) is 61.1 Å². The second kappa shape index (κ2) is 9.06. The van der Waals surface area contributed by atoms with Gasteiger partial charge in [-0.1, -0.05) is 0 Å². The standard InChI is InChI=1S/C21H27NO5/c1-24-14-18-7-6-17(27-18)13-22-10-4-5-15(12-22)21(23)19-9-8-16(25-2)11-20(19)26-3/h6-9,11,15H,4-5,10,12-14H2,1-3H3/t15-/m0/s1. The quantitative estimate of drug-likeness (QED) is 0.660. The molecule has 0 aliphatic carbocycles. The van der Waals surface area contributed by atoms with Crippen LogP contribution in [0.2, 0.25) is 0 Å². The Labute approximate surface area is 160 Å². The lowest BCUT2D eigenvalue weighted by atomic mass is 9.89. The van der Waals surface area contributed by atoms with Gasteiger partial charge in [0.15, 0.2) is 5.78 Å². The average molecular weight is 373 g/mol. The molecule has 1 aliphatic rings. The van der Waals surface area contributed by atoms with Crippen molar-refractivity contribution in [2.75, 3.05) is 34.4 Å². The molecular formula is C21H27NO5. The predicted octanol–water partition coefficient (Wildman–Crippen LogP) is 3.54. The number of Topliss-reactive ketones (excluding diaryl/α,β-unsaturated/α-hetero) is 1. The summed E-state index contributed by atoms with van der Waals surface area (Å²) in [7, 11) is 4.83. The Hall–Kier alpha value is -2.31. The van der Waals surface area contributed by atoms with E-state index in [4.69, 9.17) is 18.6 Å². The van der Waals surface area contributed by atoms with Gasteiger partial charge in [-0.05, 0) is 43.7 Å². The molecule has 6 nitrogen and oxygen atoms in total. The lowest BCUT2D eigenvalue weighted by Crippen LogP contribution is -2.38. The summed E-state index contributed by atoms with van der Waals surface area (Å²) in [5, 5.41) is 0. The first kappa shape index (κ1) is 19.5. The maximum Gasteiger partial charge on any atom is 0.170 e. The molecule has 27 heavy (non-hydrogen) atoms. The largest absolute Gasteiger partial charge is 0.497 e. The number of hydrogen-bond donors (Lipinski definition) is 0. The zero-order valence-electron chi connectivity index (χ0n) is 16.2. The smallest absolute Gasteiger partial charge is 0.170 e. The molecule has 1 atom stereocenters. The molecule has 0 saturated carbocycles. The molecule has 1 fully saturated rings. The highest BCUT2D eigenvalue weighted by molar-refractivity contribution is 6.00. The zero-order chi connectivity index (χ0) is 19.2.